The third-order valence-electron chi connectivity index (χ3n) is 3.05. The SMILES string of the molecule is CSCCCCCCNC1CCNCC1. The molecule has 0 aromatic rings. The average Bonchev–Trinajstić information content (AvgIpc) is 2.29. The Morgan fingerprint density at radius 2 is 1.87 bits per heavy atom. The van der Waals surface area contributed by atoms with E-state index in [9.17, 15) is 0 Å². The molecule has 3 heteroatoms. The molecule has 0 radical (unpaired) electrons. The molecule has 0 aromatic heterocycles. The van der Waals surface area contributed by atoms with Gasteiger partial charge in [-0.25, -0.2) is 0 Å². The van der Waals surface area contributed by atoms with Gasteiger partial charge in [0.15, 0.2) is 0 Å². The molecule has 0 atom stereocenters. The molecule has 0 amide bonds. The van der Waals surface area contributed by atoms with Gasteiger partial charge < -0.3 is 10.6 Å². The van der Waals surface area contributed by atoms with Crippen LogP contribution in [0.3, 0.4) is 0 Å². The van der Waals surface area contributed by atoms with Crippen LogP contribution in [0.5, 0.6) is 0 Å². The third kappa shape index (κ3) is 7.20. The van der Waals surface area contributed by atoms with Crippen LogP contribution in [-0.4, -0.2) is 37.7 Å². The van der Waals surface area contributed by atoms with Gasteiger partial charge in [0, 0.05) is 6.04 Å². The number of piperidine rings is 1. The first-order valence-corrected chi connectivity index (χ1v) is 7.76. The van der Waals surface area contributed by atoms with Gasteiger partial charge in [-0.3, -0.25) is 0 Å². The summed E-state index contributed by atoms with van der Waals surface area (Å²) in [6, 6.07) is 0.789. The van der Waals surface area contributed by atoms with Crippen molar-refractivity contribution in [2.24, 2.45) is 0 Å². The van der Waals surface area contributed by atoms with Crippen LogP contribution in [0.1, 0.15) is 38.5 Å². The molecule has 2 nitrogen and oxygen atoms in total. The van der Waals surface area contributed by atoms with Gasteiger partial charge in [-0.1, -0.05) is 12.8 Å². The maximum atomic E-state index is 3.67. The Bertz CT molecular complexity index is 136. The predicted octanol–water partition coefficient (Wildman–Crippen LogP) is 2.25. The number of thioether (sulfide) groups is 1. The molecule has 1 rings (SSSR count). The quantitative estimate of drug-likeness (QED) is 0.626. The molecule has 1 heterocycles. The van der Waals surface area contributed by atoms with Crippen molar-refractivity contribution in [3.05, 3.63) is 0 Å². The maximum absolute atomic E-state index is 3.67. The lowest BCUT2D eigenvalue weighted by Gasteiger charge is -2.23. The lowest BCUT2D eigenvalue weighted by molar-refractivity contribution is 0.383. The summed E-state index contributed by atoms with van der Waals surface area (Å²) in [5, 5.41) is 7.06. The summed E-state index contributed by atoms with van der Waals surface area (Å²) in [6.07, 6.45) is 10.4. The van der Waals surface area contributed by atoms with E-state index >= 15 is 0 Å². The van der Waals surface area contributed by atoms with E-state index in [1.807, 2.05) is 11.8 Å². The summed E-state index contributed by atoms with van der Waals surface area (Å²) in [5.41, 5.74) is 0. The van der Waals surface area contributed by atoms with Crippen LogP contribution in [0.4, 0.5) is 0 Å². The molecule has 0 bridgehead atoms. The highest BCUT2D eigenvalue weighted by Crippen LogP contribution is 2.05. The monoisotopic (exact) mass is 230 g/mol. The lowest BCUT2D eigenvalue weighted by Crippen LogP contribution is -2.40. The Kier molecular flexibility index (Phi) is 8.44. The minimum absolute atomic E-state index is 0.789. The van der Waals surface area contributed by atoms with Crippen LogP contribution in [0.15, 0.2) is 0 Å². The molecule has 0 aromatic carbocycles. The van der Waals surface area contributed by atoms with Crippen molar-refractivity contribution in [1.29, 1.82) is 0 Å². The second-order valence-electron chi connectivity index (χ2n) is 4.39. The topological polar surface area (TPSA) is 24.1 Å². The van der Waals surface area contributed by atoms with Gasteiger partial charge >= 0.3 is 0 Å². The average molecular weight is 230 g/mol. The van der Waals surface area contributed by atoms with Crippen LogP contribution in [0.25, 0.3) is 0 Å². The minimum Gasteiger partial charge on any atom is -0.317 e. The Balaban J connectivity index is 1.79. The zero-order valence-electron chi connectivity index (χ0n) is 10.1. The van der Waals surface area contributed by atoms with E-state index in [1.165, 1.54) is 63.9 Å². The first-order valence-electron chi connectivity index (χ1n) is 6.36. The number of rotatable bonds is 8. The van der Waals surface area contributed by atoms with Crippen molar-refractivity contribution >= 4 is 11.8 Å². The largest absolute Gasteiger partial charge is 0.317 e. The summed E-state index contributed by atoms with van der Waals surface area (Å²) >= 11 is 1.97. The second-order valence-corrected chi connectivity index (χ2v) is 5.37. The molecular formula is C12H26N2S. The van der Waals surface area contributed by atoms with Crippen molar-refractivity contribution in [3.63, 3.8) is 0 Å². The highest BCUT2D eigenvalue weighted by Gasteiger charge is 2.10. The van der Waals surface area contributed by atoms with E-state index in [-0.39, 0.29) is 0 Å². The Morgan fingerprint density at radius 1 is 1.13 bits per heavy atom. The fraction of sp³-hybridized carbons (Fsp3) is 1.00. The second kappa shape index (κ2) is 9.49. The molecule has 1 aliphatic rings. The van der Waals surface area contributed by atoms with Crippen LogP contribution >= 0.6 is 11.8 Å². The lowest BCUT2D eigenvalue weighted by atomic mass is 10.1. The number of hydrogen-bond acceptors (Lipinski definition) is 3. The van der Waals surface area contributed by atoms with E-state index in [0.717, 1.165) is 6.04 Å². The zero-order chi connectivity index (χ0) is 10.8. The van der Waals surface area contributed by atoms with E-state index in [4.69, 9.17) is 0 Å². The smallest absolute Gasteiger partial charge is 0.00912 e. The molecule has 0 aliphatic carbocycles. The van der Waals surface area contributed by atoms with Crippen LogP contribution < -0.4 is 10.6 Å². The number of nitrogens with one attached hydrogen (secondary N) is 2. The minimum atomic E-state index is 0.789. The molecule has 0 spiro atoms. The fourth-order valence-electron chi connectivity index (χ4n) is 2.06. The van der Waals surface area contributed by atoms with Gasteiger partial charge in [0.2, 0.25) is 0 Å². The third-order valence-corrected chi connectivity index (χ3v) is 3.74. The molecule has 1 fully saturated rings. The Hall–Kier alpha value is 0.270. The van der Waals surface area contributed by atoms with Gasteiger partial charge in [0.25, 0.3) is 0 Å². The van der Waals surface area contributed by atoms with Crippen LogP contribution in [-0.2, 0) is 0 Å². The standard InChI is InChI=1S/C12H26N2S/c1-15-11-5-3-2-4-8-14-12-6-9-13-10-7-12/h12-14H,2-11H2,1H3. The zero-order valence-corrected chi connectivity index (χ0v) is 10.9. The van der Waals surface area contributed by atoms with E-state index in [0.29, 0.717) is 0 Å². The van der Waals surface area contributed by atoms with Gasteiger partial charge in [-0.15, -0.1) is 0 Å². The summed E-state index contributed by atoms with van der Waals surface area (Å²) in [7, 11) is 0. The Labute approximate surface area is 99.0 Å². The maximum Gasteiger partial charge on any atom is 0.00912 e. The Morgan fingerprint density at radius 3 is 2.60 bits per heavy atom. The molecule has 90 valence electrons. The number of hydrogen-bond donors (Lipinski definition) is 2. The van der Waals surface area contributed by atoms with Crippen molar-refractivity contribution in [1.82, 2.24) is 10.6 Å². The summed E-state index contributed by atoms with van der Waals surface area (Å²) < 4.78 is 0. The normalized spacial score (nSPS) is 18.2. The summed E-state index contributed by atoms with van der Waals surface area (Å²) in [5.74, 6) is 1.34. The van der Waals surface area contributed by atoms with Gasteiger partial charge in [-0.05, 0) is 57.3 Å². The van der Waals surface area contributed by atoms with Crippen molar-refractivity contribution in [2.75, 3.05) is 31.6 Å². The van der Waals surface area contributed by atoms with E-state index in [2.05, 4.69) is 16.9 Å². The van der Waals surface area contributed by atoms with Gasteiger partial charge in [0.1, 0.15) is 0 Å². The molecule has 1 saturated heterocycles. The summed E-state index contributed by atoms with van der Waals surface area (Å²) in [4.78, 5) is 0. The van der Waals surface area contributed by atoms with E-state index in [1.54, 1.807) is 0 Å². The van der Waals surface area contributed by atoms with Gasteiger partial charge in [0.05, 0.1) is 0 Å². The molecule has 2 N–H and O–H groups in total. The highest BCUT2D eigenvalue weighted by atomic mass is 32.2. The van der Waals surface area contributed by atoms with Crippen LogP contribution in [0, 0.1) is 0 Å². The van der Waals surface area contributed by atoms with Gasteiger partial charge in [-0.2, -0.15) is 11.8 Å². The molecule has 0 unspecified atom stereocenters. The molecule has 15 heavy (non-hydrogen) atoms. The van der Waals surface area contributed by atoms with Crippen molar-refractivity contribution in [3.8, 4) is 0 Å². The molecular weight excluding hydrogens is 204 g/mol. The first kappa shape index (κ1) is 13.3. The predicted molar refractivity (Wildman–Crippen MR) is 70.7 cm³/mol. The van der Waals surface area contributed by atoms with Crippen molar-refractivity contribution in [2.45, 2.75) is 44.6 Å². The highest BCUT2D eigenvalue weighted by molar-refractivity contribution is 7.98. The van der Waals surface area contributed by atoms with Crippen molar-refractivity contribution < 1.29 is 0 Å². The summed E-state index contributed by atoms with van der Waals surface area (Å²) in [6.45, 7) is 3.63. The number of unbranched alkanes of at least 4 members (excludes halogenated alkanes) is 3. The molecule has 1 aliphatic heterocycles. The first-order chi connectivity index (χ1) is 7.43. The molecule has 0 saturated carbocycles. The van der Waals surface area contributed by atoms with Crippen LogP contribution in [0.2, 0.25) is 0 Å². The van der Waals surface area contributed by atoms with E-state index < -0.39 is 0 Å². The fourth-order valence-corrected chi connectivity index (χ4v) is 2.55.